The van der Waals surface area contributed by atoms with Crippen LogP contribution in [0.15, 0.2) is 40.3 Å². The molecule has 1 aliphatic rings. The van der Waals surface area contributed by atoms with E-state index < -0.39 is 0 Å². The molecule has 0 radical (unpaired) electrons. The molecule has 4 nitrogen and oxygen atoms in total. The van der Waals surface area contributed by atoms with Gasteiger partial charge in [0.25, 0.3) is 5.56 Å². The van der Waals surface area contributed by atoms with Gasteiger partial charge in [0.1, 0.15) is 4.83 Å². The number of fused-ring (bicyclic) bond motifs is 3. The van der Waals surface area contributed by atoms with Gasteiger partial charge in [-0.1, -0.05) is 36.9 Å². The number of thiophene rings is 1. The Hall–Kier alpha value is -1.63. The average Bonchev–Trinajstić information content (AvgIpc) is 2.99. The molecule has 0 saturated heterocycles. The second kappa shape index (κ2) is 6.27. The van der Waals surface area contributed by atoms with E-state index >= 15 is 0 Å². The van der Waals surface area contributed by atoms with Gasteiger partial charge in [-0.25, -0.2) is 4.98 Å². The van der Waals surface area contributed by atoms with Crippen LogP contribution in [0, 0.1) is 0 Å². The van der Waals surface area contributed by atoms with Crippen molar-refractivity contribution in [1.29, 1.82) is 0 Å². The summed E-state index contributed by atoms with van der Waals surface area (Å²) in [6.45, 7) is 4.82. The molecule has 0 N–H and O–H groups in total. The molecular weight excluding hydrogens is 352 g/mol. The highest BCUT2D eigenvalue weighted by molar-refractivity contribution is 7.98. The van der Waals surface area contributed by atoms with E-state index in [1.807, 2.05) is 36.6 Å². The predicted molar refractivity (Wildman–Crippen MR) is 104 cm³/mol. The zero-order valence-electron chi connectivity index (χ0n) is 14.5. The third-order valence-electron chi connectivity index (χ3n) is 4.92. The second-order valence-electron chi connectivity index (χ2n) is 6.53. The molecule has 2 aromatic heterocycles. The van der Waals surface area contributed by atoms with Gasteiger partial charge in [0.05, 0.1) is 23.3 Å². The second-order valence-corrected chi connectivity index (χ2v) is 8.38. The Morgan fingerprint density at radius 3 is 2.80 bits per heavy atom. The molecule has 0 spiro atoms. The highest BCUT2D eigenvalue weighted by Gasteiger charge is 2.33. The lowest BCUT2D eigenvalue weighted by Crippen LogP contribution is -2.34. The minimum absolute atomic E-state index is 0.0263. The highest BCUT2D eigenvalue weighted by atomic mass is 32.2. The van der Waals surface area contributed by atoms with Crippen LogP contribution in [0.2, 0.25) is 0 Å². The summed E-state index contributed by atoms with van der Waals surface area (Å²) in [7, 11) is 0. The van der Waals surface area contributed by atoms with Crippen molar-refractivity contribution < 1.29 is 4.74 Å². The minimum Gasteiger partial charge on any atom is -0.369 e. The van der Waals surface area contributed by atoms with Gasteiger partial charge in [-0.3, -0.25) is 9.36 Å². The molecule has 1 aromatic carbocycles. The molecule has 0 bridgehead atoms. The summed E-state index contributed by atoms with van der Waals surface area (Å²) in [6.07, 6.45) is 3.65. The first-order valence-electron chi connectivity index (χ1n) is 8.37. The molecular formula is C19H20N2O2S2. The van der Waals surface area contributed by atoms with Crippen LogP contribution in [0.1, 0.15) is 30.7 Å². The molecule has 3 aromatic rings. The fourth-order valence-electron chi connectivity index (χ4n) is 3.27. The third kappa shape index (κ3) is 2.72. The number of rotatable bonds is 3. The predicted octanol–water partition coefficient (Wildman–Crippen LogP) is 4.41. The maximum atomic E-state index is 13.4. The summed E-state index contributed by atoms with van der Waals surface area (Å²) in [6, 6.07) is 9.75. The topological polar surface area (TPSA) is 44.1 Å². The Morgan fingerprint density at radius 2 is 2.12 bits per heavy atom. The molecule has 6 heteroatoms. The molecule has 0 fully saturated rings. The number of ether oxygens (including phenoxy) is 1. The summed E-state index contributed by atoms with van der Waals surface area (Å²) >= 11 is 3.09. The summed E-state index contributed by atoms with van der Waals surface area (Å²) in [5.41, 5.74) is 1.81. The molecule has 130 valence electrons. The molecule has 25 heavy (non-hydrogen) atoms. The quantitative estimate of drug-likeness (QED) is 0.505. The number of para-hydroxylation sites is 1. The number of thioether (sulfide) groups is 1. The van der Waals surface area contributed by atoms with Crippen molar-refractivity contribution in [2.75, 3.05) is 6.26 Å². The van der Waals surface area contributed by atoms with Crippen molar-refractivity contribution >= 4 is 33.3 Å². The first-order valence-corrected chi connectivity index (χ1v) is 10.4. The zero-order valence-corrected chi connectivity index (χ0v) is 16.2. The van der Waals surface area contributed by atoms with Gasteiger partial charge in [-0.05, 0) is 37.3 Å². The van der Waals surface area contributed by atoms with Crippen LogP contribution < -0.4 is 5.56 Å². The Morgan fingerprint density at radius 1 is 1.36 bits per heavy atom. The average molecular weight is 373 g/mol. The minimum atomic E-state index is -0.205. The van der Waals surface area contributed by atoms with E-state index in [2.05, 4.69) is 13.8 Å². The first kappa shape index (κ1) is 16.8. The van der Waals surface area contributed by atoms with E-state index in [1.54, 1.807) is 15.9 Å². The van der Waals surface area contributed by atoms with E-state index in [0.717, 1.165) is 44.3 Å². The van der Waals surface area contributed by atoms with Crippen molar-refractivity contribution in [2.45, 2.75) is 44.1 Å². The lowest BCUT2D eigenvalue weighted by Gasteiger charge is -2.32. The number of benzene rings is 1. The molecule has 0 amide bonds. The fraction of sp³-hybridized carbons (Fsp3) is 0.368. The van der Waals surface area contributed by atoms with Crippen molar-refractivity contribution in [2.24, 2.45) is 0 Å². The Labute approximate surface area is 154 Å². The SMILES string of the molecule is CC[C@@]1(C)Cc2c(sc3nc(SC)n(-c4ccccc4)c(=O)c23)CO1. The van der Waals surface area contributed by atoms with Crippen LogP contribution in [-0.4, -0.2) is 21.4 Å². The summed E-state index contributed by atoms with van der Waals surface area (Å²) < 4.78 is 7.79. The highest BCUT2D eigenvalue weighted by Crippen LogP contribution is 2.38. The maximum absolute atomic E-state index is 13.4. The lowest BCUT2D eigenvalue weighted by molar-refractivity contribution is -0.0543. The Bertz CT molecular complexity index is 994. The van der Waals surface area contributed by atoms with E-state index in [0.29, 0.717) is 6.61 Å². The van der Waals surface area contributed by atoms with Crippen molar-refractivity contribution in [3.05, 3.63) is 51.1 Å². The Balaban J connectivity index is 2.01. The van der Waals surface area contributed by atoms with Crippen molar-refractivity contribution in [1.82, 2.24) is 9.55 Å². The largest absolute Gasteiger partial charge is 0.369 e. The van der Waals surface area contributed by atoms with Crippen molar-refractivity contribution in [3.8, 4) is 5.69 Å². The monoisotopic (exact) mass is 372 g/mol. The summed E-state index contributed by atoms with van der Waals surface area (Å²) in [5, 5.41) is 1.49. The van der Waals surface area contributed by atoms with E-state index in [-0.39, 0.29) is 11.2 Å². The fourth-order valence-corrected chi connectivity index (χ4v) is 4.97. The molecule has 1 aliphatic heterocycles. The molecule has 0 unspecified atom stereocenters. The van der Waals surface area contributed by atoms with Crippen LogP contribution in [0.25, 0.3) is 15.9 Å². The smallest absolute Gasteiger partial charge is 0.267 e. The van der Waals surface area contributed by atoms with Crippen LogP contribution >= 0.6 is 23.1 Å². The van der Waals surface area contributed by atoms with Crippen LogP contribution in [-0.2, 0) is 17.8 Å². The maximum Gasteiger partial charge on any atom is 0.267 e. The van der Waals surface area contributed by atoms with E-state index in [9.17, 15) is 4.79 Å². The van der Waals surface area contributed by atoms with Crippen LogP contribution in [0.4, 0.5) is 0 Å². The molecule has 0 saturated carbocycles. The first-order chi connectivity index (χ1) is 12.1. The number of hydrogen-bond donors (Lipinski definition) is 0. The molecule has 1 atom stereocenters. The normalized spacial score (nSPS) is 20.0. The van der Waals surface area contributed by atoms with Gasteiger partial charge in [-0.2, -0.15) is 0 Å². The van der Waals surface area contributed by atoms with Gasteiger partial charge in [0, 0.05) is 11.3 Å². The molecule has 0 aliphatic carbocycles. The number of nitrogens with zero attached hydrogens (tertiary/aromatic N) is 2. The van der Waals surface area contributed by atoms with Gasteiger partial charge in [0.2, 0.25) is 0 Å². The summed E-state index contributed by atoms with van der Waals surface area (Å²) in [5.74, 6) is 0. The van der Waals surface area contributed by atoms with Crippen molar-refractivity contribution in [3.63, 3.8) is 0 Å². The standard InChI is InChI=1S/C19H20N2O2S2/c1-4-19(2)10-13-14(11-23-19)25-16-15(13)17(22)21(18(20-16)24-3)12-8-6-5-7-9-12/h5-9H,4,10-11H2,1-3H3/t19-/m0/s1. The molecule has 3 heterocycles. The number of aromatic nitrogens is 2. The zero-order chi connectivity index (χ0) is 17.6. The van der Waals surface area contributed by atoms with E-state index in [4.69, 9.17) is 9.72 Å². The van der Waals surface area contributed by atoms with Gasteiger partial charge in [-0.15, -0.1) is 11.3 Å². The summed E-state index contributed by atoms with van der Waals surface area (Å²) in [4.78, 5) is 20.2. The lowest BCUT2D eigenvalue weighted by atomic mass is 9.90. The van der Waals surface area contributed by atoms with Gasteiger partial charge < -0.3 is 4.74 Å². The van der Waals surface area contributed by atoms with Crippen LogP contribution in [0.5, 0.6) is 0 Å². The van der Waals surface area contributed by atoms with Crippen LogP contribution in [0.3, 0.4) is 0 Å². The van der Waals surface area contributed by atoms with Gasteiger partial charge in [0.15, 0.2) is 5.16 Å². The van der Waals surface area contributed by atoms with Gasteiger partial charge >= 0.3 is 0 Å². The third-order valence-corrected chi connectivity index (χ3v) is 6.66. The number of hydrogen-bond acceptors (Lipinski definition) is 5. The molecule has 4 rings (SSSR count). The Kier molecular flexibility index (Phi) is 4.22. The van der Waals surface area contributed by atoms with E-state index in [1.165, 1.54) is 11.8 Å².